The molecule has 0 heterocycles. The van der Waals surface area contributed by atoms with E-state index in [4.69, 9.17) is 39.5 Å². The molecule has 0 aromatic heterocycles. The van der Waals surface area contributed by atoms with Gasteiger partial charge in [0.25, 0.3) is 0 Å². The van der Waals surface area contributed by atoms with Crippen LogP contribution in [-0.2, 0) is 4.74 Å². The quantitative estimate of drug-likeness (QED) is 0.847. The van der Waals surface area contributed by atoms with E-state index in [1.807, 2.05) is 0 Å². The Morgan fingerprint density at radius 3 is 2.44 bits per heavy atom. The molecule has 1 fully saturated rings. The number of anilines is 1. The molecule has 1 saturated carbocycles. The standard InChI is InChI=1S/C13H16Cl3NO/c1-18-10-4-2-3-9(7-10)17-13-11(15)5-8(14)6-12(13)16/h5-6,9-10,17H,2-4,7H2,1H3. The molecule has 1 aromatic rings. The Morgan fingerprint density at radius 1 is 1.17 bits per heavy atom. The zero-order valence-electron chi connectivity index (χ0n) is 10.2. The first kappa shape index (κ1) is 14.3. The Hall–Kier alpha value is -0.150. The van der Waals surface area contributed by atoms with Crippen LogP contribution in [0.25, 0.3) is 0 Å². The van der Waals surface area contributed by atoms with Crippen molar-refractivity contribution < 1.29 is 4.74 Å². The van der Waals surface area contributed by atoms with Crippen LogP contribution in [-0.4, -0.2) is 19.3 Å². The number of hydrogen-bond acceptors (Lipinski definition) is 2. The van der Waals surface area contributed by atoms with Crippen molar-refractivity contribution in [1.82, 2.24) is 0 Å². The molecule has 2 atom stereocenters. The third-order valence-corrected chi connectivity index (χ3v) is 4.13. The highest BCUT2D eigenvalue weighted by molar-refractivity contribution is 6.41. The summed E-state index contributed by atoms with van der Waals surface area (Å²) < 4.78 is 5.41. The maximum absolute atomic E-state index is 6.16. The number of rotatable bonds is 3. The summed E-state index contributed by atoms with van der Waals surface area (Å²) in [6, 6.07) is 3.75. The lowest BCUT2D eigenvalue weighted by Gasteiger charge is -2.30. The molecule has 5 heteroatoms. The third-order valence-electron chi connectivity index (χ3n) is 3.31. The summed E-state index contributed by atoms with van der Waals surface area (Å²) in [5, 5.41) is 5.08. The second kappa shape index (κ2) is 6.33. The fourth-order valence-corrected chi connectivity index (χ4v) is 3.30. The number of halogens is 3. The van der Waals surface area contributed by atoms with Crippen LogP contribution in [0.1, 0.15) is 25.7 Å². The van der Waals surface area contributed by atoms with Gasteiger partial charge in [0, 0.05) is 18.2 Å². The summed E-state index contributed by atoms with van der Waals surface area (Å²) in [5.74, 6) is 0. The average Bonchev–Trinajstić information content (AvgIpc) is 2.34. The fraction of sp³-hybridized carbons (Fsp3) is 0.538. The molecule has 2 rings (SSSR count). The molecule has 0 aliphatic heterocycles. The molecule has 1 aromatic carbocycles. The summed E-state index contributed by atoms with van der Waals surface area (Å²) in [6.07, 6.45) is 4.68. The molecule has 1 aliphatic rings. The second-order valence-electron chi connectivity index (χ2n) is 4.61. The Bertz CT molecular complexity index is 402. The Labute approximate surface area is 123 Å². The van der Waals surface area contributed by atoms with Crippen LogP contribution in [0.4, 0.5) is 5.69 Å². The lowest BCUT2D eigenvalue weighted by atomic mass is 9.92. The van der Waals surface area contributed by atoms with Crippen LogP contribution in [0.3, 0.4) is 0 Å². The van der Waals surface area contributed by atoms with E-state index in [1.165, 1.54) is 0 Å². The van der Waals surface area contributed by atoms with Gasteiger partial charge < -0.3 is 10.1 Å². The Balaban J connectivity index is 2.09. The predicted molar refractivity (Wildman–Crippen MR) is 78.1 cm³/mol. The lowest BCUT2D eigenvalue weighted by Crippen LogP contribution is -2.31. The van der Waals surface area contributed by atoms with Crippen molar-refractivity contribution in [3.05, 3.63) is 27.2 Å². The summed E-state index contributed by atoms with van der Waals surface area (Å²) >= 11 is 18.2. The van der Waals surface area contributed by atoms with Gasteiger partial charge in [0.1, 0.15) is 0 Å². The van der Waals surface area contributed by atoms with E-state index in [2.05, 4.69) is 5.32 Å². The van der Waals surface area contributed by atoms with Crippen molar-refractivity contribution in [1.29, 1.82) is 0 Å². The lowest BCUT2D eigenvalue weighted by molar-refractivity contribution is 0.0669. The first-order valence-corrected chi connectivity index (χ1v) is 7.17. The fourth-order valence-electron chi connectivity index (χ4n) is 2.37. The van der Waals surface area contributed by atoms with Crippen molar-refractivity contribution in [3.63, 3.8) is 0 Å². The number of benzene rings is 1. The monoisotopic (exact) mass is 307 g/mol. The van der Waals surface area contributed by atoms with Gasteiger partial charge in [0.15, 0.2) is 0 Å². The van der Waals surface area contributed by atoms with Gasteiger partial charge in [-0.25, -0.2) is 0 Å². The molecule has 0 amide bonds. The Morgan fingerprint density at radius 2 is 1.83 bits per heavy atom. The molecule has 2 unspecified atom stereocenters. The summed E-state index contributed by atoms with van der Waals surface area (Å²) in [6.45, 7) is 0. The van der Waals surface area contributed by atoms with Crippen molar-refractivity contribution >= 4 is 40.5 Å². The molecule has 0 spiro atoms. The van der Waals surface area contributed by atoms with Gasteiger partial charge in [0.05, 0.1) is 21.8 Å². The summed E-state index contributed by atoms with van der Waals surface area (Å²) in [4.78, 5) is 0. The van der Waals surface area contributed by atoms with Crippen molar-refractivity contribution in [3.8, 4) is 0 Å². The smallest absolute Gasteiger partial charge is 0.0722 e. The minimum Gasteiger partial charge on any atom is -0.381 e. The van der Waals surface area contributed by atoms with Gasteiger partial charge in [-0.2, -0.15) is 0 Å². The van der Waals surface area contributed by atoms with Crippen LogP contribution >= 0.6 is 34.8 Å². The highest BCUT2D eigenvalue weighted by atomic mass is 35.5. The molecule has 18 heavy (non-hydrogen) atoms. The topological polar surface area (TPSA) is 21.3 Å². The van der Waals surface area contributed by atoms with Gasteiger partial charge in [-0.1, -0.05) is 34.8 Å². The van der Waals surface area contributed by atoms with Gasteiger partial charge in [-0.3, -0.25) is 0 Å². The molecule has 0 radical (unpaired) electrons. The van der Waals surface area contributed by atoms with E-state index in [0.717, 1.165) is 31.4 Å². The van der Waals surface area contributed by atoms with E-state index >= 15 is 0 Å². The van der Waals surface area contributed by atoms with Crippen LogP contribution in [0.2, 0.25) is 15.1 Å². The van der Waals surface area contributed by atoms with E-state index in [9.17, 15) is 0 Å². The Kier molecular flexibility index (Phi) is 5.02. The molecule has 100 valence electrons. The van der Waals surface area contributed by atoms with Gasteiger partial charge in [0.2, 0.25) is 0 Å². The number of hydrogen-bond donors (Lipinski definition) is 1. The summed E-state index contributed by atoms with van der Waals surface area (Å²) in [5.41, 5.74) is 0.768. The molecule has 0 bridgehead atoms. The number of ether oxygens (including phenoxy) is 1. The molecular weight excluding hydrogens is 293 g/mol. The third kappa shape index (κ3) is 3.45. The molecule has 1 aliphatic carbocycles. The zero-order valence-corrected chi connectivity index (χ0v) is 12.4. The highest BCUT2D eigenvalue weighted by Crippen LogP contribution is 2.35. The van der Waals surface area contributed by atoms with E-state index < -0.39 is 0 Å². The minimum atomic E-state index is 0.320. The van der Waals surface area contributed by atoms with E-state index in [0.29, 0.717) is 27.2 Å². The first-order chi connectivity index (χ1) is 8.60. The second-order valence-corrected chi connectivity index (χ2v) is 5.86. The first-order valence-electron chi connectivity index (χ1n) is 6.04. The van der Waals surface area contributed by atoms with Crippen molar-refractivity contribution in [2.45, 2.75) is 37.8 Å². The number of methoxy groups -OCH3 is 1. The van der Waals surface area contributed by atoms with Gasteiger partial charge in [-0.15, -0.1) is 0 Å². The zero-order chi connectivity index (χ0) is 13.1. The van der Waals surface area contributed by atoms with Gasteiger partial charge >= 0.3 is 0 Å². The van der Waals surface area contributed by atoms with Crippen LogP contribution in [0, 0.1) is 0 Å². The predicted octanol–water partition coefficient (Wildman–Crippen LogP) is 5.02. The van der Waals surface area contributed by atoms with E-state index in [-0.39, 0.29) is 0 Å². The maximum Gasteiger partial charge on any atom is 0.0722 e. The largest absolute Gasteiger partial charge is 0.381 e. The van der Waals surface area contributed by atoms with Crippen molar-refractivity contribution in [2.24, 2.45) is 0 Å². The van der Waals surface area contributed by atoms with Gasteiger partial charge in [-0.05, 0) is 37.8 Å². The highest BCUT2D eigenvalue weighted by Gasteiger charge is 2.22. The minimum absolute atomic E-state index is 0.320. The van der Waals surface area contributed by atoms with Crippen LogP contribution in [0.15, 0.2) is 12.1 Å². The van der Waals surface area contributed by atoms with Crippen LogP contribution in [0.5, 0.6) is 0 Å². The molecular formula is C13H16Cl3NO. The number of nitrogens with one attached hydrogen (secondary N) is 1. The van der Waals surface area contributed by atoms with Crippen LogP contribution < -0.4 is 5.32 Å². The maximum atomic E-state index is 6.16. The molecule has 0 saturated heterocycles. The SMILES string of the molecule is COC1CCCC(Nc2c(Cl)cc(Cl)cc2Cl)C1. The summed E-state index contributed by atoms with van der Waals surface area (Å²) in [7, 11) is 1.76. The normalized spacial score (nSPS) is 24.0. The molecule has 2 nitrogen and oxygen atoms in total. The average molecular weight is 309 g/mol. The molecule has 1 N–H and O–H groups in total. The van der Waals surface area contributed by atoms with E-state index in [1.54, 1.807) is 19.2 Å². The van der Waals surface area contributed by atoms with Crippen molar-refractivity contribution in [2.75, 3.05) is 12.4 Å².